The van der Waals surface area contributed by atoms with Gasteiger partial charge in [-0.3, -0.25) is 9.78 Å². The molecule has 0 radical (unpaired) electrons. The van der Waals surface area contributed by atoms with Crippen LogP contribution in [0.15, 0.2) is 55.0 Å². The molecule has 30 heavy (non-hydrogen) atoms. The van der Waals surface area contributed by atoms with E-state index in [0.29, 0.717) is 22.2 Å². The number of piperazine rings is 1. The van der Waals surface area contributed by atoms with Gasteiger partial charge in [-0.1, -0.05) is 17.7 Å². The average Bonchev–Trinajstić information content (AvgIpc) is 2.79. The van der Waals surface area contributed by atoms with Crippen LogP contribution in [-0.4, -0.2) is 54.1 Å². The van der Waals surface area contributed by atoms with E-state index in [1.54, 1.807) is 56.0 Å². The summed E-state index contributed by atoms with van der Waals surface area (Å²) < 4.78 is 5.15. The SMILES string of the molecule is COc1cncc(N2CCN(c3ccc(C(=O)Nc4cccc(Cl)c4)cn3)CC2)n1. The van der Waals surface area contributed by atoms with Crippen LogP contribution < -0.4 is 19.9 Å². The van der Waals surface area contributed by atoms with Crippen molar-refractivity contribution in [2.75, 3.05) is 48.4 Å². The molecule has 1 aliphatic rings. The molecule has 0 atom stereocenters. The summed E-state index contributed by atoms with van der Waals surface area (Å²) in [6.07, 6.45) is 4.92. The van der Waals surface area contributed by atoms with Crippen LogP contribution in [0.25, 0.3) is 0 Å². The Kier molecular flexibility index (Phi) is 5.94. The smallest absolute Gasteiger partial charge is 0.257 e. The molecule has 0 spiro atoms. The highest BCUT2D eigenvalue weighted by atomic mass is 35.5. The number of pyridine rings is 1. The van der Waals surface area contributed by atoms with Crippen molar-refractivity contribution < 1.29 is 9.53 Å². The molecule has 1 aliphatic heterocycles. The molecule has 0 bridgehead atoms. The Morgan fingerprint density at radius 1 is 1.03 bits per heavy atom. The zero-order valence-corrected chi connectivity index (χ0v) is 17.2. The maximum absolute atomic E-state index is 12.4. The Morgan fingerprint density at radius 2 is 1.80 bits per heavy atom. The molecule has 0 aliphatic carbocycles. The van der Waals surface area contributed by atoms with Gasteiger partial charge in [0.2, 0.25) is 5.88 Å². The number of nitrogens with one attached hydrogen (secondary N) is 1. The number of hydrogen-bond acceptors (Lipinski definition) is 7. The summed E-state index contributed by atoms with van der Waals surface area (Å²) in [7, 11) is 1.58. The van der Waals surface area contributed by atoms with Crippen molar-refractivity contribution in [1.29, 1.82) is 0 Å². The third-order valence-corrected chi connectivity index (χ3v) is 5.06. The van der Waals surface area contributed by atoms with Crippen molar-refractivity contribution in [2.24, 2.45) is 0 Å². The highest BCUT2D eigenvalue weighted by molar-refractivity contribution is 6.30. The van der Waals surface area contributed by atoms with E-state index in [9.17, 15) is 4.79 Å². The quantitative estimate of drug-likeness (QED) is 0.673. The summed E-state index contributed by atoms with van der Waals surface area (Å²) in [4.78, 5) is 29.9. The first-order valence-electron chi connectivity index (χ1n) is 9.51. The van der Waals surface area contributed by atoms with E-state index in [1.807, 2.05) is 6.07 Å². The van der Waals surface area contributed by atoms with Gasteiger partial charge in [0.05, 0.1) is 25.1 Å². The van der Waals surface area contributed by atoms with E-state index in [4.69, 9.17) is 16.3 Å². The number of amides is 1. The average molecular weight is 425 g/mol. The Hall–Kier alpha value is -3.39. The van der Waals surface area contributed by atoms with E-state index < -0.39 is 0 Å². The van der Waals surface area contributed by atoms with E-state index in [-0.39, 0.29) is 5.91 Å². The molecule has 0 unspecified atom stereocenters. The van der Waals surface area contributed by atoms with Crippen LogP contribution in [0, 0.1) is 0 Å². The Bertz CT molecular complexity index is 1020. The molecule has 9 heteroatoms. The fourth-order valence-electron chi connectivity index (χ4n) is 3.23. The van der Waals surface area contributed by atoms with Crippen molar-refractivity contribution in [3.8, 4) is 5.88 Å². The molecule has 154 valence electrons. The number of hydrogen-bond donors (Lipinski definition) is 1. The summed E-state index contributed by atoms with van der Waals surface area (Å²) in [5.41, 5.74) is 1.14. The summed E-state index contributed by atoms with van der Waals surface area (Å²) in [6, 6.07) is 10.7. The minimum atomic E-state index is -0.224. The predicted octanol–water partition coefficient (Wildman–Crippen LogP) is 3.11. The molecule has 1 N–H and O–H groups in total. The predicted molar refractivity (Wildman–Crippen MR) is 117 cm³/mol. The molecule has 3 heterocycles. The minimum absolute atomic E-state index is 0.224. The van der Waals surface area contributed by atoms with Crippen LogP contribution in [-0.2, 0) is 0 Å². The van der Waals surface area contributed by atoms with Crippen LogP contribution in [0.4, 0.5) is 17.3 Å². The van der Waals surface area contributed by atoms with Crippen molar-refractivity contribution in [2.45, 2.75) is 0 Å². The van der Waals surface area contributed by atoms with E-state index >= 15 is 0 Å². The topological polar surface area (TPSA) is 83.5 Å². The molecule has 2 aromatic heterocycles. The zero-order valence-electron chi connectivity index (χ0n) is 16.5. The maximum atomic E-state index is 12.4. The maximum Gasteiger partial charge on any atom is 0.257 e. The van der Waals surface area contributed by atoms with Crippen molar-refractivity contribution in [3.05, 3.63) is 65.6 Å². The van der Waals surface area contributed by atoms with E-state index in [1.165, 1.54) is 0 Å². The van der Waals surface area contributed by atoms with Gasteiger partial charge in [0.1, 0.15) is 5.82 Å². The fourth-order valence-corrected chi connectivity index (χ4v) is 3.42. The van der Waals surface area contributed by atoms with Crippen LogP contribution in [0.1, 0.15) is 10.4 Å². The van der Waals surface area contributed by atoms with Gasteiger partial charge in [-0.15, -0.1) is 0 Å². The molecule has 3 aromatic rings. The standard InChI is InChI=1S/C21H21ClN6O2/c1-30-20-14-23-13-19(26-20)28-9-7-27(8-10-28)18-6-5-15(12-24-18)21(29)25-17-4-2-3-16(22)11-17/h2-6,11-14H,7-10H2,1H3,(H,25,29). The summed E-state index contributed by atoms with van der Waals surface area (Å²) in [5.74, 6) is 1.92. The van der Waals surface area contributed by atoms with E-state index in [0.717, 1.165) is 37.8 Å². The Labute approximate surface area is 179 Å². The van der Waals surface area contributed by atoms with Gasteiger partial charge >= 0.3 is 0 Å². The second kappa shape index (κ2) is 8.96. The van der Waals surface area contributed by atoms with Crippen LogP contribution in [0.2, 0.25) is 5.02 Å². The van der Waals surface area contributed by atoms with Gasteiger partial charge in [-0.2, -0.15) is 4.98 Å². The fraction of sp³-hybridized carbons (Fsp3) is 0.238. The number of carbonyl (C=O) groups is 1. The van der Waals surface area contributed by atoms with Crippen molar-refractivity contribution >= 4 is 34.8 Å². The van der Waals surface area contributed by atoms with Crippen LogP contribution in [0.5, 0.6) is 5.88 Å². The van der Waals surface area contributed by atoms with E-state index in [2.05, 4.69) is 30.1 Å². The first kappa shape index (κ1) is 19.9. The molecular weight excluding hydrogens is 404 g/mol. The number of rotatable bonds is 5. The first-order valence-corrected chi connectivity index (χ1v) is 9.89. The third kappa shape index (κ3) is 4.60. The molecule has 8 nitrogen and oxygen atoms in total. The molecule has 1 aromatic carbocycles. The van der Waals surface area contributed by atoms with Gasteiger partial charge in [-0.25, -0.2) is 4.98 Å². The summed E-state index contributed by atoms with van der Waals surface area (Å²) in [5, 5.41) is 3.39. The number of halogens is 1. The monoisotopic (exact) mass is 424 g/mol. The summed E-state index contributed by atoms with van der Waals surface area (Å²) >= 11 is 5.96. The highest BCUT2D eigenvalue weighted by Crippen LogP contribution is 2.20. The third-order valence-electron chi connectivity index (χ3n) is 4.83. The lowest BCUT2D eigenvalue weighted by atomic mass is 10.2. The molecular formula is C21H21ClN6O2. The van der Waals surface area contributed by atoms with Gasteiger partial charge in [0.15, 0.2) is 5.82 Å². The lowest BCUT2D eigenvalue weighted by Crippen LogP contribution is -2.47. The first-order chi connectivity index (χ1) is 14.6. The zero-order chi connectivity index (χ0) is 20.9. The molecule has 1 saturated heterocycles. The molecule has 4 rings (SSSR count). The van der Waals surface area contributed by atoms with Crippen molar-refractivity contribution in [1.82, 2.24) is 15.0 Å². The van der Waals surface area contributed by atoms with Gasteiger partial charge in [0, 0.05) is 43.1 Å². The molecule has 0 saturated carbocycles. The number of methoxy groups -OCH3 is 1. The Balaban J connectivity index is 1.36. The number of ether oxygens (including phenoxy) is 1. The number of carbonyl (C=O) groups excluding carboxylic acids is 1. The molecule has 1 fully saturated rings. The van der Waals surface area contributed by atoms with Crippen LogP contribution >= 0.6 is 11.6 Å². The van der Waals surface area contributed by atoms with Gasteiger partial charge in [-0.05, 0) is 30.3 Å². The van der Waals surface area contributed by atoms with Crippen LogP contribution in [0.3, 0.4) is 0 Å². The van der Waals surface area contributed by atoms with Gasteiger partial charge in [0.25, 0.3) is 5.91 Å². The number of aromatic nitrogens is 3. The Morgan fingerprint density at radius 3 is 2.47 bits per heavy atom. The minimum Gasteiger partial charge on any atom is -0.480 e. The normalized spacial score (nSPS) is 13.8. The largest absolute Gasteiger partial charge is 0.480 e. The number of anilines is 3. The lowest BCUT2D eigenvalue weighted by Gasteiger charge is -2.35. The number of nitrogens with zero attached hydrogens (tertiary/aromatic N) is 5. The second-order valence-electron chi connectivity index (χ2n) is 6.76. The lowest BCUT2D eigenvalue weighted by molar-refractivity contribution is 0.102. The number of benzene rings is 1. The summed E-state index contributed by atoms with van der Waals surface area (Å²) in [6.45, 7) is 3.17. The molecule has 1 amide bonds. The highest BCUT2D eigenvalue weighted by Gasteiger charge is 2.20. The van der Waals surface area contributed by atoms with Gasteiger partial charge < -0.3 is 19.9 Å². The van der Waals surface area contributed by atoms with Crippen molar-refractivity contribution in [3.63, 3.8) is 0 Å². The second-order valence-corrected chi connectivity index (χ2v) is 7.20.